The number of phenols is 1. The van der Waals surface area contributed by atoms with Crippen molar-refractivity contribution >= 4 is 23.6 Å². The summed E-state index contributed by atoms with van der Waals surface area (Å²) in [5, 5.41) is 9.98. The second kappa shape index (κ2) is 10.6. The minimum absolute atomic E-state index is 0.0598. The van der Waals surface area contributed by atoms with Crippen LogP contribution in [-0.2, 0) is 22.6 Å². The first-order valence-electron chi connectivity index (χ1n) is 11.1. The van der Waals surface area contributed by atoms with E-state index in [1.165, 1.54) is 24.2 Å². The Morgan fingerprint density at radius 3 is 2.18 bits per heavy atom. The van der Waals surface area contributed by atoms with Crippen molar-refractivity contribution in [2.24, 2.45) is 0 Å². The highest BCUT2D eigenvalue weighted by Crippen LogP contribution is 2.44. The van der Waals surface area contributed by atoms with E-state index in [2.05, 4.69) is 12.1 Å². The van der Waals surface area contributed by atoms with Gasteiger partial charge in [-0.15, -0.1) is 11.8 Å². The van der Waals surface area contributed by atoms with E-state index in [1.54, 1.807) is 17.0 Å². The maximum Gasteiger partial charge on any atom is 0.246 e. The van der Waals surface area contributed by atoms with Crippen molar-refractivity contribution in [3.05, 3.63) is 102 Å². The molecule has 1 N–H and O–H groups in total. The number of hydrogen-bond acceptors (Lipinski definition) is 4. The van der Waals surface area contributed by atoms with Crippen LogP contribution in [-0.4, -0.2) is 45.1 Å². The molecule has 4 rings (SSSR count). The highest BCUT2D eigenvalue weighted by Gasteiger charge is 2.43. The normalized spacial score (nSPS) is 17.7. The molecular weight excluding hydrogens is 432 g/mol. The molecule has 2 atom stereocenters. The molecule has 1 aliphatic heterocycles. The molecule has 0 spiro atoms. The maximum absolute atomic E-state index is 13.8. The molecular formula is C27H28N2O3S. The Morgan fingerprint density at radius 2 is 1.55 bits per heavy atom. The molecule has 5 nitrogen and oxygen atoms in total. The average Bonchev–Trinajstić information content (AvgIpc) is 3.28. The van der Waals surface area contributed by atoms with Crippen LogP contribution in [0.3, 0.4) is 0 Å². The fraction of sp³-hybridized carbons (Fsp3) is 0.259. The van der Waals surface area contributed by atoms with Gasteiger partial charge in [-0.1, -0.05) is 78.9 Å². The van der Waals surface area contributed by atoms with Crippen LogP contribution in [0.25, 0.3) is 0 Å². The van der Waals surface area contributed by atoms with E-state index >= 15 is 0 Å². The highest BCUT2D eigenvalue weighted by molar-refractivity contribution is 7.99. The van der Waals surface area contributed by atoms with E-state index < -0.39 is 6.04 Å². The molecule has 0 saturated carbocycles. The lowest BCUT2D eigenvalue weighted by Crippen LogP contribution is -2.49. The number of aromatic hydroxyl groups is 1. The molecule has 1 saturated heterocycles. The lowest BCUT2D eigenvalue weighted by atomic mass is 10.1. The van der Waals surface area contributed by atoms with Crippen LogP contribution in [0.2, 0.25) is 0 Å². The number of thioether (sulfide) groups is 1. The van der Waals surface area contributed by atoms with Crippen LogP contribution in [0, 0.1) is 0 Å². The van der Waals surface area contributed by atoms with Crippen LogP contribution in [0.5, 0.6) is 5.75 Å². The third kappa shape index (κ3) is 5.40. The smallest absolute Gasteiger partial charge is 0.246 e. The van der Waals surface area contributed by atoms with Gasteiger partial charge in [0.25, 0.3) is 0 Å². The molecule has 0 radical (unpaired) electrons. The first kappa shape index (κ1) is 22.9. The van der Waals surface area contributed by atoms with Gasteiger partial charge in [0.1, 0.15) is 17.2 Å². The molecule has 2 amide bonds. The molecule has 0 aromatic heterocycles. The summed E-state index contributed by atoms with van der Waals surface area (Å²) >= 11 is 1.52. The SMILES string of the molecule is CC(=O)N1[C@H](C(=O)N(CCc2ccccc2)Cc2ccccc2)CS[C@H]1c1ccccc1O. The van der Waals surface area contributed by atoms with Gasteiger partial charge in [-0.05, 0) is 23.6 Å². The number of nitrogens with zero attached hydrogens (tertiary/aromatic N) is 2. The summed E-state index contributed by atoms with van der Waals surface area (Å²) in [6.07, 6.45) is 0.738. The molecule has 3 aromatic rings. The van der Waals surface area contributed by atoms with Gasteiger partial charge in [0.05, 0.1) is 0 Å². The fourth-order valence-corrected chi connectivity index (χ4v) is 5.71. The monoisotopic (exact) mass is 460 g/mol. The first-order chi connectivity index (χ1) is 16.0. The number of phenolic OH excluding ortho intramolecular Hbond substituents is 1. The van der Waals surface area contributed by atoms with Crippen molar-refractivity contribution in [3.8, 4) is 5.75 Å². The van der Waals surface area contributed by atoms with Gasteiger partial charge in [0.15, 0.2) is 0 Å². The van der Waals surface area contributed by atoms with Crippen LogP contribution in [0.4, 0.5) is 0 Å². The Morgan fingerprint density at radius 1 is 0.939 bits per heavy atom. The topological polar surface area (TPSA) is 60.9 Å². The van der Waals surface area contributed by atoms with Gasteiger partial charge in [0, 0.05) is 31.3 Å². The number of carbonyl (C=O) groups is 2. The Hall–Kier alpha value is -3.25. The number of amides is 2. The molecule has 1 heterocycles. The van der Waals surface area contributed by atoms with Gasteiger partial charge >= 0.3 is 0 Å². The fourth-order valence-electron chi connectivity index (χ4n) is 4.21. The summed E-state index contributed by atoms with van der Waals surface area (Å²) in [6.45, 7) is 2.54. The zero-order valence-corrected chi connectivity index (χ0v) is 19.4. The standard InChI is InChI=1S/C27H28N2O3S/c1-20(30)29-24(19-33-27(29)23-14-8-9-15-25(23)31)26(32)28(18-22-12-6-3-7-13-22)17-16-21-10-4-2-5-11-21/h2-15,24,27,31H,16-19H2,1H3/t24-,27-/m0/s1. The molecule has 3 aromatic carbocycles. The highest BCUT2D eigenvalue weighted by atomic mass is 32.2. The van der Waals surface area contributed by atoms with Gasteiger partial charge in [-0.3, -0.25) is 9.59 Å². The molecule has 6 heteroatoms. The quantitative estimate of drug-likeness (QED) is 0.559. The Balaban J connectivity index is 1.58. The number of benzene rings is 3. The second-order valence-corrected chi connectivity index (χ2v) is 9.28. The third-order valence-corrected chi connectivity index (χ3v) is 7.20. The van der Waals surface area contributed by atoms with Crippen molar-refractivity contribution in [3.63, 3.8) is 0 Å². The second-order valence-electron chi connectivity index (χ2n) is 8.17. The number of rotatable bonds is 7. The van der Waals surface area contributed by atoms with Gasteiger partial charge in [0.2, 0.25) is 11.8 Å². The molecule has 0 unspecified atom stereocenters. The van der Waals surface area contributed by atoms with Crippen molar-refractivity contribution in [1.82, 2.24) is 9.80 Å². The zero-order valence-electron chi connectivity index (χ0n) is 18.6. The van der Waals surface area contributed by atoms with E-state index in [-0.39, 0.29) is 22.9 Å². The summed E-state index contributed by atoms with van der Waals surface area (Å²) in [6, 6.07) is 26.5. The zero-order chi connectivity index (χ0) is 23.2. The lowest BCUT2D eigenvalue weighted by molar-refractivity contribution is -0.144. The summed E-state index contributed by atoms with van der Waals surface area (Å²) in [5.41, 5.74) is 2.88. The number of para-hydroxylation sites is 1. The minimum Gasteiger partial charge on any atom is -0.508 e. The van der Waals surface area contributed by atoms with Crippen LogP contribution >= 0.6 is 11.8 Å². The molecule has 0 bridgehead atoms. The molecule has 0 aliphatic carbocycles. The summed E-state index contributed by atoms with van der Waals surface area (Å²) in [5.74, 6) is 0.401. The summed E-state index contributed by atoms with van der Waals surface area (Å²) in [4.78, 5) is 30.0. The Kier molecular flexibility index (Phi) is 7.35. The average molecular weight is 461 g/mol. The third-order valence-electron chi connectivity index (χ3n) is 5.89. The Labute approximate surface area is 199 Å². The molecule has 1 fully saturated rings. The van der Waals surface area contributed by atoms with Gasteiger partial charge in [-0.25, -0.2) is 0 Å². The van der Waals surface area contributed by atoms with Crippen LogP contribution in [0.15, 0.2) is 84.9 Å². The predicted octanol–water partition coefficient (Wildman–Crippen LogP) is 4.63. The largest absolute Gasteiger partial charge is 0.508 e. The molecule has 33 heavy (non-hydrogen) atoms. The van der Waals surface area contributed by atoms with Crippen LogP contribution in [0.1, 0.15) is 29.0 Å². The van der Waals surface area contributed by atoms with Gasteiger partial charge < -0.3 is 14.9 Å². The van der Waals surface area contributed by atoms with Crippen molar-refractivity contribution < 1.29 is 14.7 Å². The number of hydrogen-bond donors (Lipinski definition) is 1. The molecule has 1 aliphatic rings. The summed E-state index contributed by atoms with van der Waals surface area (Å²) < 4.78 is 0. The van der Waals surface area contributed by atoms with Gasteiger partial charge in [-0.2, -0.15) is 0 Å². The molecule has 170 valence electrons. The van der Waals surface area contributed by atoms with E-state index in [0.717, 1.165) is 12.0 Å². The Bertz CT molecular complexity index is 1090. The lowest BCUT2D eigenvalue weighted by Gasteiger charge is -2.32. The van der Waals surface area contributed by atoms with E-state index in [4.69, 9.17) is 0 Å². The van der Waals surface area contributed by atoms with Crippen LogP contribution < -0.4 is 0 Å². The first-order valence-corrected chi connectivity index (χ1v) is 12.1. The predicted molar refractivity (Wildman–Crippen MR) is 132 cm³/mol. The number of carbonyl (C=O) groups excluding carboxylic acids is 2. The van der Waals surface area contributed by atoms with E-state index in [9.17, 15) is 14.7 Å². The maximum atomic E-state index is 13.8. The van der Waals surface area contributed by atoms with Crippen molar-refractivity contribution in [2.75, 3.05) is 12.3 Å². The van der Waals surface area contributed by atoms with Crippen molar-refractivity contribution in [2.45, 2.75) is 31.3 Å². The minimum atomic E-state index is -0.573. The van der Waals surface area contributed by atoms with E-state index in [1.807, 2.05) is 65.6 Å². The summed E-state index contributed by atoms with van der Waals surface area (Å²) in [7, 11) is 0. The van der Waals surface area contributed by atoms with Crippen molar-refractivity contribution in [1.29, 1.82) is 0 Å². The van der Waals surface area contributed by atoms with E-state index in [0.29, 0.717) is 24.4 Å².